The Kier molecular flexibility index (Phi) is 5.00. The first-order valence-electron chi connectivity index (χ1n) is 6.68. The summed E-state index contributed by atoms with van der Waals surface area (Å²) in [6.07, 6.45) is 4.12. The molecule has 0 bridgehead atoms. The second-order valence-corrected chi connectivity index (χ2v) is 5.91. The molecule has 2 N–H and O–H groups in total. The van der Waals surface area contributed by atoms with Crippen LogP contribution in [0.5, 0.6) is 0 Å². The Hall–Kier alpha value is -1.31. The van der Waals surface area contributed by atoms with E-state index in [0.717, 1.165) is 17.9 Å². The van der Waals surface area contributed by atoms with Crippen LogP contribution in [0.1, 0.15) is 47.8 Å². The summed E-state index contributed by atoms with van der Waals surface area (Å²) in [4.78, 5) is 12.8. The average molecular weight is 277 g/mol. The maximum atomic E-state index is 12.2. The molecule has 1 atom stereocenters. The van der Waals surface area contributed by atoms with E-state index in [1.165, 1.54) is 24.2 Å². The van der Waals surface area contributed by atoms with Crippen molar-refractivity contribution in [1.29, 1.82) is 0 Å². The molecule has 1 saturated carbocycles. The zero-order chi connectivity index (χ0) is 13.7. The molecule has 1 heterocycles. The van der Waals surface area contributed by atoms with E-state index in [0.29, 0.717) is 11.3 Å². The summed E-state index contributed by atoms with van der Waals surface area (Å²) in [5.41, 5.74) is 0.759. The molecule has 0 radical (unpaired) electrons. The van der Waals surface area contributed by atoms with Gasteiger partial charge in [-0.2, -0.15) is 0 Å². The molecule has 1 amide bonds. The minimum atomic E-state index is -0.0311. The van der Waals surface area contributed by atoms with Crippen molar-refractivity contribution in [2.24, 2.45) is 5.92 Å². The Morgan fingerprint density at radius 1 is 1.63 bits per heavy atom. The summed E-state index contributed by atoms with van der Waals surface area (Å²) in [7, 11) is 0. The molecule has 19 heavy (non-hydrogen) atoms. The summed E-state index contributed by atoms with van der Waals surface area (Å²) in [5.74, 6) is 6.57. The molecule has 2 rings (SSSR count). The monoisotopic (exact) mass is 277 g/mol. The molecule has 3 nitrogen and oxygen atoms in total. The van der Waals surface area contributed by atoms with Gasteiger partial charge in [0.15, 0.2) is 0 Å². The molecule has 1 aromatic heterocycles. The van der Waals surface area contributed by atoms with E-state index in [1.807, 2.05) is 11.4 Å². The van der Waals surface area contributed by atoms with Gasteiger partial charge in [0, 0.05) is 18.0 Å². The van der Waals surface area contributed by atoms with Gasteiger partial charge in [0.2, 0.25) is 0 Å². The van der Waals surface area contributed by atoms with Crippen LogP contribution in [-0.2, 0) is 0 Å². The van der Waals surface area contributed by atoms with Crippen molar-refractivity contribution >= 4 is 17.2 Å². The number of aliphatic hydroxyl groups excluding tert-OH is 1. The fourth-order valence-electron chi connectivity index (χ4n) is 2.00. The molecule has 1 aliphatic carbocycles. The lowest BCUT2D eigenvalue weighted by Gasteiger charge is -2.12. The molecular formula is C15H19NO2S. The quantitative estimate of drug-likeness (QED) is 0.812. The van der Waals surface area contributed by atoms with Crippen molar-refractivity contribution in [2.45, 2.75) is 38.6 Å². The molecule has 102 valence electrons. The van der Waals surface area contributed by atoms with Crippen molar-refractivity contribution in [3.05, 3.63) is 21.9 Å². The van der Waals surface area contributed by atoms with Gasteiger partial charge in [-0.3, -0.25) is 4.79 Å². The highest BCUT2D eigenvalue weighted by Gasteiger charge is 2.24. The first-order valence-corrected chi connectivity index (χ1v) is 7.56. The Bertz CT molecular complexity index is 494. The molecule has 1 unspecified atom stereocenters. The van der Waals surface area contributed by atoms with Gasteiger partial charge in [0.25, 0.3) is 5.91 Å². The molecule has 1 fully saturated rings. The third kappa shape index (κ3) is 4.38. The minimum Gasteiger partial charge on any atom is -0.395 e. The van der Waals surface area contributed by atoms with Crippen LogP contribution in [0.15, 0.2) is 11.4 Å². The third-order valence-electron chi connectivity index (χ3n) is 3.09. The van der Waals surface area contributed by atoms with Gasteiger partial charge in [-0.1, -0.05) is 24.7 Å². The van der Waals surface area contributed by atoms with Crippen molar-refractivity contribution in [2.75, 3.05) is 6.61 Å². The second-order valence-electron chi connectivity index (χ2n) is 4.99. The Morgan fingerprint density at radius 3 is 3.11 bits per heavy atom. The van der Waals surface area contributed by atoms with Crippen LogP contribution in [0.3, 0.4) is 0 Å². The molecule has 1 aromatic rings. The van der Waals surface area contributed by atoms with Crippen LogP contribution in [0, 0.1) is 17.8 Å². The third-order valence-corrected chi connectivity index (χ3v) is 4.01. The lowest BCUT2D eigenvalue weighted by Crippen LogP contribution is -2.32. The SMILES string of the molecule is CC(CC1CC1)NC(=O)c1sccc1C#CCCO. The Balaban J connectivity index is 1.94. The summed E-state index contributed by atoms with van der Waals surface area (Å²) in [5, 5.41) is 13.6. The minimum absolute atomic E-state index is 0.0311. The first-order chi connectivity index (χ1) is 9.20. The van der Waals surface area contributed by atoms with Crippen molar-refractivity contribution < 1.29 is 9.90 Å². The first kappa shape index (κ1) is 14.1. The zero-order valence-electron chi connectivity index (χ0n) is 11.1. The maximum absolute atomic E-state index is 12.2. The van der Waals surface area contributed by atoms with Crippen LogP contribution >= 0.6 is 11.3 Å². The molecule has 4 heteroatoms. The lowest BCUT2D eigenvalue weighted by molar-refractivity contribution is 0.0941. The van der Waals surface area contributed by atoms with Crippen molar-refractivity contribution in [1.82, 2.24) is 5.32 Å². The van der Waals surface area contributed by atoms with Crippen LogP contribution in [0.25, 0.3) is 0 Å². The normalized spacial score (nSPS) is 15.5. The van der Waals surface area contributed by atoms with Gasteiger partial charge >= 0.3 is 0 Å². The summed E-state index contributed by atoms with van der Waals surface area (Å²) in [6.45, 7) is 2.11. The summed E-state index contributed by atoms with van der Waals surface area (Å²) < 4.78 is 0. The van der Waals surface area contributed by atoms with Crippen LogP contribution in [0.2, 0.25) is 0 Å². The van der Waals surface area contributed by atoms with E-state index >= 15 is 0 Å². The number of rotatable bonds is 5. The number of carbonyl (C=O) groups is 1. The fraction of sp³-hybridized carbons (Fsp3) is 0.533. The molecule has 0 spiro atoms. The number of hydrogen-bond acceptors (Lipinski definition) is 3. The average Bonchev–Trinajstić information content (AvgIpc) is 3.05. The van der Waals surface area contributed by atoms with E-state index in [2.05, 4.69) is 24.1 Å². The van der Waals surface area contributed by atoms with E-state index < -0.39 is 0 Å². The van der Waals surface area contributed by atoms with Gasteiger partial charge in [-0.25, -0.2) is 0 Å². The number of amides is 1. The standard InChI is InChI=1S/C15H19NO2S/c1-11(10-12-5-6-12)16-15(18)14-13(7-9-19-14)4-2-3-8-17/h7,9,11-12,17H,3,5-6,8,10H2,1H3,(H,16,18). The van der Waals surface area contributed by atoms with E-state index in [4.69, 9.17) is 5.11 Å². The predicted octanol–water partition coefficient (Wildman–Crippen LogP) is 2.40. The van der Waals surface area contributed by atoms with Gasteiger partial charge in [0.05, 0.1) is 6.61 Å². The molecule has 0 aromatic carbocycles. The number of carbonyl (C=O) groups excluding carboxylic acids is 1. The van der Waals surface area contributed by atoms with Crippen molar-refractivity contribution in [3.63, 3.8) is 0 Å². The number of thiophene rings is 1. The highest BCUT2D eigenvalue weighted by molar-refractivity contribution is 7.12. The van der Waals surface area contributed by atoms with Gasteiger partial charge in [0.1, 0.15) is 4.88 Å². The highest BCUT2D eigenvalue weighted by atomic mass is 32.1. The molecular weight excluding hydrogens is 258 g/mol. The second kappa shape index (κ2) is 6.74. The topological polar surface area (TPSA) is 49.3 Å². The predicted molar refractivity (Wildman–Crippen MR) is 77.2 cm³/mol. The number of nitrogens with one attached hydrogen (secondary N) is 1. The summed E-state index contributed by atoms with van der Waals surface area (Å²) in [6, 6.07) is 2.08. The van der Waals surface area contributed by atoms with Gasteiger partial charge < -0.3 is 10.4 Å². The van der Waals surface area contributed by atoms with E-state index in [-0.39, 0.29) is 18.6 Å². The zero-order valence-corrected chi connectivity index (χ0v) is 11.9. The van der Waals surface area contributed by atoms with Gasteiger partial charge in [-0.15, -0.1) is 11.3 Å². The molecule has 1 aliphatic rings. The fourth-order valence-corrected chi connectivity index (χ4v) is 2.75. The number of hydrogen-bond donors (Lipinski definition) is 2. The van der Waals surface area contributed by atoms with Crippen LogP contribution < -0.4 is 5.32 Å². The summed E-state index contributed by atoms with van der Waals surface area (Å²) >= 11 is 1.42. The van der Waals surface area contributed by atoms with E-state index in [1.54, 1.807) is 0 Å². The van der Waals surface area contributed by atoms with E-state index in [9.17, 15) is 4.79 Å². The molecule has 0 aliphatic heterocycles. The van der Waals surface area contributed by atoms with Crippen LogP contribution in [-0.4, -0.2) is 23.7 Å². The van der Waals surface area contributed by atoms with Gasteiger partial charge in [-0.05, 0) is 30.7 Å². The van der Waals surface area contributed by atoms with Crippen LogP contribution in [0.4, 0.5) is 0 Å². The Labute approximate surface area is 118 Å². The smallest absolute Gasteiger partial charge is 0.262 e. The highest BCUT2D eigenvalue weighted by Crippen LogP contribution is 2.33. The maximum Gasteiger partial charge on any atom is 0.262 e. The Morgan fingerprint density at radius 2 is 2.42 bits per heavy atom. The largest absolute Gasteiger partial charge is 0.395 e. The van der Waals surface area contributed by atoms with Crippen molar-refractivity contribution in [3.8, 4) is 11.8 Å². The number of aliphatic hydroxyl groups is 1. The lowest BCUT2D eigenvalue weighted by atomic mass is 10.1. The molecule has 0 saturated heterocycles.